The van der Waals surface area contributed by atoms with Crippen molar-refractivity contribution < 1.29 is 18.3 Å². The van der Waals surface area contributed by atoms with Crippen molar-refractivity contribution in [2.24, 2.45) is 5.41 Å². The summed E-state index contributed by atoms with van der Waals surface area (Å²) in [6, 6.07) is 17.6. The number of rotatable bonds is 6. The van der Waals surface area contributed by atoms with E-state index in [-0.39, 0.29) is 16.1 Å². The lowest BCUT2D eigenvalue weighted by Crippen LogP contribution is -2.47. The number of carbonyl (C=O) groups is 1. The summed E-state index contributed by atoms with van der Waals surface area (Å²) in [7, 11) is -0.740. The molecule has 0 bridgehead atoms. The number of nitrogens with one attached hydrogen (secondary N) is 2. The number of hydrogen-bond acceptors (Lipinski definition) is 6. The molecule has 0 saturated carbocycles. The molecular weight excluding hydrogens is 562 g/mol. The van der Waals surface area contributed by atoms with Crippen LogP contribution in [0.1, 0.15) is 44.7 Å². The molecule has 0 atom stereocenters. The van der Waals surface area contributed by atoms with Crippen LogP contribution in [0.3, 0.4) is 0 Å². The third kappa shape index (κ3) is 6.23. The van der Waals surface area contributed by atoms with E-state index in [1.165, 1.54) is 30.5 Å². The summed E-state index contributed by atoms with van der Waals surface area (Å²) in [5, 5.41) is 17.2. The highest BCUT2D eigenvalue weighted by Gasteiger charge is 2.50. The van der Waals surface area contributed by atoms with E-state index in [1.54, 1.807) is 0 Å². The van der Waals surface area contributed by atoms with Gasteiger partial charge in [0.1, 0.15) is 5.75 Å². The summed E-state index contributed by atoms with van der Waals surface area (Å²) in [6.45, 7) is 11.7. The molecule has 9 nitrogen and oxygen atoms in total. The first-order valence-electron chi connectivity index (χ1n) is 14.7. The monoisotopic (exact) mass is 605 g/mol. The van der Waals surface area contributed by atoms with Crippen molar-refractivity contribution in [3.8, 4) is 5.75 Å². The van der Waals surface area contributed by atoms with Gasteiger partial charge in [-0.2, -0.15) is 0 Å². The lowest BCUT2D eigenvalue weighted by molar-refractivity contribution is 0.124. The Balaban J connectivity index is 1.56. The number of hydrogen-bond donors (Lipinski definition) is 3. The molecule has 10 heteroatoms. The standard InChI is InChI=1S/C33H43N5O4S/c1-23-11-13-24(14-12-23)34-31(40)35-25-9-7-8-10-26(25)38-22-33(17-19-37(20-18-33)21-32(2,3)4)29-28(43(41,42)36(5)6)16-15-27(39)30(29)38/h7-16,39H,17-22H2,1-6H3,(H2,34,35,40). The SMILES string of the molecule is Cc1ccc(NC(=O)Nc2ccccc2N2CC3(CCN(CC(C)(C)C)CC3)c3c(S(=O)(=O)N(C)C)ccc(O)c32)cc1. The van der Waals surface area contributed by atoms with Crippen LogP contribution in [0.5, 0.6) is 5.75 Å². The fraction of sp³-hybridized carbons (Fsp3) is 0.424. The Morgan fingerprint density at radius 1 is 0.977 bits per heavy atom. The average Bonchev–Trinajstić information content (AvgIpc) is 3.26. The highest BCUT2D eigenvalue weighted by molar-refractivity contribution is 7.89. The van der Waals surface area contributed by atoms with E-state index < -0.39 is 21.5 Å². The number of benzene rings is 3. The summed E-state index contributed by atoms with van der Waals surface area (Å²) >= 11 is 0. The maximum Gasteiger partial charge on any atom is 0.323 e. The van der Waals surface area contributed by atoms with Crippen molar-refractivity contribution in [1.29, 1.82) is 0 Å². The lowest BCUT2D eigenvalue weighted by atomic mass is 9.74. The van der Waals surface area contributed by atoms with Crippen LogP contribution in [-0.2, 0) is 15.4 Å². The number of sulfonamides is 1. The van der Waals surface area contributed by atoms with Crippen molar-refractivity contribution >= 4 is 38.8 Å². The number of aromatic hydroxyl groups is 1. The summed E-state index contributed by atoms with van der Waals surface area (Å²) in [6.07, 6.45) is 1.49. The first-order chi connectivity index (χ1) is 20.2. The molecule has 43 heavy (non-hydrogen) atoms. The number of amides is 2. The molecule has 0 aromatic heterocycles. The highest BCUT2D eigenvalue weighted by Crippen LogP contribution is 2.56. The topological polar surface area (TPSA) is 105 Å². The van der Waals surface area contributed by atoms with Crippen molar-refractivity contribution in [1.82, 2.24) is 9.21 Å². The van der Waals surface area contributed by atoms with Crippen molar-refractivity contribution in [2.75, 3.05) is 55.8 Å². The van der Waals surface area contributed by atoms with Crippen LogP contribution in [0.4, 0.5) is 27.5 Å². The van der Waals surface area contributed by atoms with E-state index in [0.717, 1.165) is 38.0 Å². The number of phenols is 1. The van der Waals surface area contributed by atoms with Crippen molar-refractivity contribution in [2.45, 2.75) is 50.8 Å². The molecule has 0 aliphatic carbocycles. The third-order valence-electron chi connectivity index (χ3n) is 8.40. The third-order valence-corrected chi connectivity index (χ3v) is 10.3. The second-order valence-electron chi connectivity index (χ2n) is 13.3. The van der Waals surface area contributed by atoms with E-state index in [9.17, 15) is 18.3 Å². The van der Waals surface area contributed by atoms with E-state index in [0.29, 0.717) is 34.9 Å². The van der Waals surface area contributed by atoms with Crippen LogP contribution in [0, 0.1) is 12.3 Å². The van der Waals surface area contributed by atoms with Gasteiger partial charge in [-0.05, 0) is 74.7 Å². The fourth-order valence-electron chi connectivity index (χ4n) is 6.38. The van der Waals surface area contributed by atoms with Crippen LogP contribution in [-0.4, -0.2) is 69.0 Å². The molecule has 3 N–H and O–H groups in total. The second-order valence-corrected chi connectivity index (χ2v) is 15.4. The van der Waals surface area contributed by atoms with Gasteiger partial charge in [0.2, 0.25) is 10.0 Å². The average molecular weight is 606 g/mol. The number of phenolic OH excluding ortho intramolecular Hbond substituents is 1. The molecule has 5 rings (SSSR count). The Morgan fingerprint density at radius 3 is 2.26 bits per heavy atom. The number of para-hydroxylation sites is 2. The number of likely N-dealkylation sites (tertiary alicyclic amines) is 1. The van der Waals surface area contributed by atoms with Gasteiger partial charge in [-0.3, -0.25) is 0 Å². The molecule has 2 amide bonds. The molecule has 0 unspecified atom stereocenters. The lowest BCUT2D eigenvalue weighted by Gasteiger charge is -2.42. The molecule has 1 spiro atoms. The zero-order chi connectivity index (χ0) is 31.2. The van der Waals surface area contributed by atoms with Gasteiger partial charge in [0.25, 0.3) is 0 Å². The number of anilines is 4. The minimum Gasteiger partial charge on any atom is -0.506 e. The van der Waals surface area contributed by atoms with Gasteiger partial charge in [-0.1, -0.05) is 50.6 Å². The van der Waals surface area contributed by atoms with Crippen molar-refractivity contribution in [3.63, 3.8) is 0 Å². The molecule has 2 aliphatic heterocycles. The molecule has 3 aromatic rings. The zero-order valence-electron chi connectivity index (χ0n) is 25.9. The summed E-state index contributed by atoms with van der Waals surface area (Å²) in [4.78, 5) is 17.7. The Morgan fingerprint density at radius 2 is 1.63 bits per heavy atom. The maximum absolute atomic E-state index is 13.7. The van der Waals surface area contributed by atoms with Gasteiger partial charge < -0.3 is 25.5 Å². The predicted octanol–water partition coefficient (Wildman–Crippen LogP) is 6.13. The van der Waals surface area contributed by atoms with Crippen LogP contribution in [0.2, 0.25) is 0 Å². The molecule has 2 heterocycles. The number of fused-ring (bicyclic) bond motifs is 2. The van der Waals surface area contributed by atoms with E-state index in [2.05, 4.69) is 36.3 Å². The minimum absolute atomic E-state index is 0.0145. The molecule has 3 aromatic carbocycles. The van der Waals surface area contributed by atoms with E-state index in [1.807, 2.05) is 60.4 Å². The van der Waals surface area contributed by atoms with Crippen LogP contribution in [0.15, 0.2) is 65.6 Å². The number of nitrogens with zero attached hydrogens (tertiary/aromatic N) is 3. The van der Waals surface area contributed by atoms with Crippen LogP contribution >= 0.6 is 0 Å². The molecule has 0 radical (unpaired) electrons. The van der Waals surface area contributed by atoms with Gasteiger partial charge in [-0.15, -0.1) is 0 Å². The fourth-order valence-corrected chi connectivity index (χ4v) is 7.58. The Hall–Kier alpha value is -3.60. The quantitative estimate of drug-likeness (QED) is 0.312. The smallest absolute Gasteiger partial charge is 0.323 e. The molecule has 1 fully saturated rings. The Labute approximate surface area is 255 Å². The maximum atomic E-state index is 13.7. The molecule has 2 aliphatic rings. The van der Waals surface area contributed by atoms with Crippen LogP contribution in [0.25, 0.3) is 0 Å². The Kier molecular flexibility index (Phi) is 8.24. The van der Waals surface area contributed by atoms with Crippen molar-refractivity contribution in [3.05, 3.63) is 71.8 Å². The number of piperidine rings is 1. The minimum atomic E-state index is -3.81. The molecular formula is C33H43N5O4S. The van der Waals surface area contributed by atoms with Gasteiger partial charge in [-0.25, -0.2) is 17.5 Å². The first kappa shape index (κ1) is 30.8. The zero-order valence-corrected chi connectivity index (χ0v) is 26.8. The molecule has 1 saturated heterocycles. The number of aryl methyl sites for hydroxylation is 1. The second kappa shape index (κ2) is 11.5. The van der Waals surface area contributed by atoms with Gasteiger partial charge in [0, 0.05) is 43.9 Å². The normalized spacial score (nSPS) is 16.9. The summed E-state index contributed by atoms with van der Waals surface area (Å²) in [5.41, 5.74) is 3.80. The highest BCUT2D eigenvalue weighted by atomic mass is 32.2. The molecule has 230 valence electrons. The predicted molar refractivity (Wildman–Crippen MR) is 173 cm³/mol. The number of carbonyl (C=O) groups excluding carboxylic acids is 1. The first-order valence-corrected chi connectivity index (χ1v) is 16.2. The summed E-state index contributed by atoms with van der Waals surface area (Å²) in [5.74, 6) is 0.0145. The van der Waals surface area contributed by atoms with Gasteiger partial charge in [0.15, 0.2) is 0 Å². The van der Waals surface area contributed by atoms with E-state index >= 15 is 0 Å². The van der Waals surface area contributed by atoms with E-state index in [4.69, 9.17) is 0 Å². The summed E-state index contributed by atoms with van der Waals surface area (Å²) < 4.78 is 28.6. The number of urea groups is 1. The van der Waals surface area contributed by atoms with Gasteiger partial charge in [0.05, 0.1) is 22.0 Å². The largest absolute Gasteiger partial charge is 0.506 e. The Bertz CT molecular complexity index is 1610. The van der Waals surface area contributed by atoms with Gasteiger partial charge >= 0.3 is 6.03 Å². The van der Waals surface area contributed by atoms with Crippen LogP contribution < -0.4 is 15.5 Å².